The molecule has 1 fully saturated rings. The first-order valence-electron chi connectivity index (χ1n) is 7.22. The molecule has 20 heavy (non-hydrogen) atoms. The molecule has 1 heterocycles. The molecule has 1 unspecified atom stereocenters. The molecule has 1 aromatic rings. The Morgan fingerprint density at radius 3 is 2.70 bits per heavy atom. The maximum atomic E-state index is 12.4. The summed E-state index contributed by atoms with van der Waals surface area (Å²) in [5.74, 6) is 0.649. The fraction of sp³-hybridized carbons (Fsp3) is 0.562. The third kappa shape index (κ3) is 3.51. The number of hydrogen-bond acceptors (Lipinski definition) is 3. The number of nitrogen functional groups attached to an aromatic ring is 1. The third-order valence-electron chi connectivity index (χ3n) is 4.06. The summed E-state index contributed by atoms with van der Waals surface area (Å²) < 4.78 is 5.34. The highest BCUT2D eigenvalue weighted by molar-refractivity contribution is 5.87. The van der Waals surface area contributed by atoms with E-state index in [1.54, 1.807) is 0 Å². The van der Waals surface area contributed by atoms with E-state index in [1.807, 2.05) is 38.1 Å². The number of ether oxygens (including phenoxy) is 1. The normalized spacial score (nSPS) is 19.0. The molecule has 1 saturated heterocycles. The molecular weight excluding hydrogens is 252 g/mol. The predicted molar refractivity (Wildman–Crippen MR) is 80.4 cm³/mol. The van der Waals surface area contributed by atoms with Crippen LogP contribution in [0.2, 0.25) is 0 Å². The van der Waals surface area contributed by atoms with Crippen molar-refractivity contribution in [3.8, 4) is 0 Å². The smallest absolute Gasteiger partial charge is 0.230 e. The number of carbonyl (C=O) groups is 1. The lowest BCUT2D eigenvalue weighted by Gasteiger charge is -2.24. The van der Waals surface area contributed by atoms with Gasteiger partial charge in [-0.25, -0.2) is 0 Å². The van der Waals surface area contributed by atoms with Crippen molar-refractivity contribution in [3.63, 3.8) is 0 Å². The van der Waals surface area contributed by atoms with Crippen molar-refractivity contribution in [2.75, 3.05) is 25.5 Å². The highest BCUT2D eigenvalue weighted by Gasteiger charge is 2.29. The van der Waals surface area contributed by atoms with Gasteiger partial charge in [-0.15, -0.1) is 0 Å². The summed E-state index contributed by atoms with van der Waals surface area (Å²) in [5.41, 5.74) is 6.84. The van der Waals surface area contributed by atoms with Crippen LogP contribution in [-0.2, 0) is 14.9 Å². The van der Waals surface area contributed by atoms with Crippen molar-refractivity contribution in [3.05, 3.63) is 29.8 Å². The van der Waals surface area contributed by atoms with Gasteiger partial charge in [0.05, 0.1) is 5.41 Å². The van der Waals surface area contributed by atoms with Crippen LogP contribution in [0.25, 0.3) is 0 Å². The predicted octanol–water partition coefficient (Wildman–Crippen LogP) is 2.09. The molecule has 1 aliphatic rings. The number of benzene rings is 1. The standard InChI is InChI=1S/C16H24N2O2/c1-16(2,13-3-5-14(17)6-4-13)15(19)18-9-7-12-8-10-20-11-12/h3-6,12H,7-11,17H2,1-2H3,(H,18,19). The number of nitrogens with one attached hydrogen (secondary N) is 1. The van der Waals surface area contributed by atoms with Gasteiger partial charge < -0.3 is 15.8 Å². The lowest BCUT2D eigenvalue weighted by molar-refractivity contribution is -0.125. The number of carbonyl (C=O) groups excluding carboxylic acids is 1. The molecule has 1 aliphatic heterocycles. The summed E-state index contributed by atoms with van der Waals surface area (Å²) in [6.07, 6.45) is 2.10. The second-order valence-corrected chi connectivity index (χ2v) is 6.02. The molecule has 0 saturated carbocycles. The highest BCUT2D eigenvalue weighted by Crippen LogP contribution is 2.24. The van der Waals surface area contributed by atoms with E-state index in [0.29, 0.717) is 18.2 Å². The Hall–Kier alpha value is -1.55. The molecule has 110 valence electrons. The van der Waals surface area contributed by atoms with E-state index in [-0.39, 0.29) is 5.91 Å². The molecule has 2 rings (SSSR count). The van der Waals surface area contributed by atoms with Gasteiger partial charge in [-0.3, -0.25) is 4.79 Å². The second-order valence-electron chi connectivity index (χ2n) is 6.02. The van der Waals surface area contributed by atoms with Gasteiger partial charge in [-0.05, 0) is 50.3 Å². The maximum Gasteiger partial charge on any atom is 0.230 e. The number of nitrogens with two attached hydrogens (primary N) is 1. The van der Waals surface area contributed by atoms with Crippen LogP contribution < -0.4 is 11.1 Å². The minimum atomic E-state index is -0.542. The third-order valence-corrected chi connectivity index (χ3v) is 4.06. The zero-order valence-electron chi connectivity index (χ0n) is 12.3. The van der Waals surface area contributed by atoms with Gasteiger partial charge in [0.2, 0.25) is 5.91 Å². The van der Waals surface area contributed by atoms with E-state index < -0.39 is 5.41 Å². The van der Waals surface area contributed by atoms with Gasteiger partial charge in [0.25, 0.3) is 0 Å². The van der Waals surface area contributed by atoms with Crippen LogP contribution >= 0.6 is 0 Å². The Morgan fingerprint density at radius 2 is 2.10 bits per heavy atom. The van der Waals surface area contributed by atoms with Crippen molar-refractivity contribution >= 4 is 11.6 Å². The molecular formula is C16H24N2O2. The summed E-state index contributed by atoms with van der Waals surface area (Å²) in [6.45, 7) is 6.27. The first-order valence-corrected chi connectivity index (χ1v) is 7.22. The molecule has 0 aliphatic carbocycles. The number of amides is 1. The topological polar surface area (TPSA) is 64.3 Å². The van der Waals surface area contributed by atoms with Gasteiger partial charge in [-0.2, -0.15) is 0 Å². The van der Waals surface area contributed by atoms with Crippen molar-refractivity contribution < 1.29 is 9.53 Å². The number of anilines is 1. The Bertz CT molecular complexity index is 448. The summed E-state index contributed by atoms with van der Waals surface area (Å²) >= 11 is 0. The first kappa shape index (κ1) is 14.9. The minimum Gasteiger partial charge on any atom is -0.399 e. The molecule has 0 radical (unpaired) electrons. The average Bonchev–Trinajstić information content (AvgIpc) is 2.92. The highest BCUT2D eigenvalue weighted by atomic mass is 16.5. The number of hydrogen-bond donors (Lipinski definition) is 2. The first-order chi connectivity index (χ1) is 9.50. The van der Waals surface area contributed by atoms with E-state index in [2.05, 4.69) is 5.32 Å². The van der Waals surface area contributed by atoms with Crippen LogP contribution in [0, 0.1) is 5.92 Å². The average molecular weight is 276 g/mol. The monoisotopic (exact) mass is 276 g/mol. The molecule has 1 atom stereocenters. The molecule has 1 amide bonds. The van der Waals surface area contributed by atoms with E-state index in [4.69, 9.17) is 10.5 Å². The van der Waals surface area contributed by atoms with Crippen molar-refractivity contribution in [1.29, 1.82) is 0 Å². The molecule has 1 aromatic carbocycles. The fourth-order valence-corrected chi connectivity index (χ4v) is 2.45. The zero-order chi connectivity index (χ0) is 14.6. The summed E-state index contributed by atoms with van der Waals surface area (Å²) in [7, 11) is 0. The summed E-state index contributed by atoms with van der Waals surface area (Å²) in [5, 5.41) is 3.04. The molecule has 4 heteroatoms. The molecule has 4 nitrogen and oxygen atoms in total. The van der Waals surface area contributed by atoms with Crippen molar-refractivity contribution in [1.82, 2.24) is 5.32 Å². The summed E-state index contributed by atoms with van der Waals surface area (Å²) in [6, 6.07) is 7.50. The maximum absolute atomic E-state index is 12.4. The van der Waals surface area contributed by atoms with E-state index in [1.165, 1.54) is 0 Å². The largest absolute Gasteiger partial charge is 0.399 e. The van der Waals surface area contributed by atoms with E-state index >= 15 is 0 Å². The molecule has 0 spiro atoms. The number of rotatable bonds is 5. The van der Waals surface area contributed by atoms with Crippen LogP contribution in [0.5, 0.6) is 0 Å². The molecule has 3 N–H and O–H groups in total. The van der Waals surface area contributed by atoms with Crippen LogP contribution in [0.1, 0.15) is 32.3 Å². The van der Waals surface area contributed by atoms with E-state index in [0.717, 1.165) is 31.6 Å². The Balaban J connectivity index is 1.87. The van der Waals surface area contributed by atoms with Crippen LogP contribution in [0.3, 0.4) is 0 Å². The Labute approximate surface area is 120 Å². The Morgan fingerprint density at radius 1 is 1.40 bits per heavy atom. The van der Waals surface area contributed by atoms with Gasteiger partial charge in [0.15, 0.2) is 0 Å². The lowest BCUT2D eigenvalue weighted by Crippen LogP contribution is -2.40. The van der Waals surface area contributed by atoms with Gasteiger partial charge >= 0.3 is 0 Å². The van der Waals surface area contributed by atoms with Gasteiger partial charge in [0.1, 0.15) is 0 Å². The van der Waals surface area contributed by atoms with Crippen LogP contribution in [0.15, 0.2) is 24.3 Å². The summed E-state index contributed by atoms with van der Waals surface area (Å²) in [4.78, 5) is 12.4. The fourth-order valence-electron chi connectivity index (χ4n) is 2.45. The second kappa shape index (κ2) is 6.27. The van der Waals surface area contributed by atoms with Gasteiger partial charge in [0, 0.05) is 25.4 Å². The van der Waals surface area contributed by atoms with E-state index in [9.17, 15) is 4.79 Å². The van der Waals surface area contributed by atoms with Gasteiger partial charge in [-0.1, -0.05) is 12.1 Å². The van der Waals surface area contributed by atoms with Crippen molar-refractivity contribution in [2.45, 2.75) is 32.1 Å². The molecule has 0 bridgehead atoms. The molecule has 0 aromatic heterocycles. The zero-order valence-corrected chi connectivity index (χ0v) is 12.3. The van der Waals surface area contributed by atoms with Crippen LogP contribution in [-0.4, -0.2) is 25.7 Å². The lowest BCUT2D eigenvalue weighted by atomic mass is 9.83. The van der Waals surface area contributed by atoms with Crippen LogP contribution in [0.4, 0.5) is 5.69 Å². The van der Waals surface area contributed by atoms with Crippen molar-refractivity contribution in [2.24, 2.45) is 5.92 Å². The minimum absolute atomic E-state index is 0.0567. The quantitative estimate of drug-likeness (QED) is 0.809. The Kier molecular flexibility index (Phi) is 4.65. The SMILES string of the molecule is CC(C)(C(=O)NCCC1CCOC1)c1ccc(N)cc1.